The van der Waals surface area contributed by atoms with Crippen LogP contribution >= 0.6 is 0 Å². The van der Waals surface area contributed by atoms with Gasteiger partial charge in [0.1, 0.15) is 11.5 Å². The van der Waals surface area contributed by atoms with Gasteiger partial charge in [0.2, 0.25) is 0 Å². The fourth-order valence-electron chi connectivity index (χ4n) is 2.73. The number of aryl methyl sites for hydroxylation is 1. The molecule has 1 atom stereocenters. The van der Waals surface area contributed by atoms with Crippen LogP contribution in [-0.2, 0) is 6.42 Å². The second-order valence-corrected chi connectivity index (χ2v) is 5.29. The summed E-state index contributed by atoms with van der Waals surface area (Å²) in [6.07, 6.45) is 2.00. The Labute approximate surface area is 125 Å². The lowest BCUT2D eigenvalue weighted by Gasteiger charge is -2.28. The summed E-state index contributed by atoms with van der Waals surface area (Å²) in [5, 5.41) is 3.63. The molecule has 110 valence electrons. The summed E-state index contributed by atoms with van der Waals surface area (Å²) < 4.78 is 11.1. The van der Waals surface area contributed by atoms with E-state index in [1.165, 1.54) is 11.1 Å². The predicted molar refractivity (Wildman–Crippen MR) is 85.3 cm³/mol. The van der Waals surface area contributed by atoms with Crippen LogP contribution in [0.1, 0.15) is 30.5 Å². The van der Waals surface area contributed by atoms with Crippen molar-refractivity contribution >= 4 is 5.69 Å². The fraction of sp³-hybridized carbons (Fsp3) is 0.333. The minimum absolute atomic E-state index is 0.260. The Kier molecular flexibility index (Phi) is 4.00. The first-order valence-corrected chi connectivity index (χ1v) is 7.46. The first-order chi connectivity index (χ1) is 10.3. The summed E-state index contributed by atoms with van der Waals surface area (Å²) in [5.74, 6) is 1.82. The second-order valence-electron chi connectivity index (χ2n) is 5.29. The first kappa shape index (κ1) is 13.8. The molecule has 0 amide bonds. The van der Waals surface area contributed by atoms with Crippen LogP contribution in [0, 0.1) is 0 Å². The molecule has 3 heteroatoms. The number of benzene rings is 2. The molecule has 1 aliphatic heterocycles. The van der Waals surface area contributed by atoms with Gasteiger partial charge < -0.3 is 14.8 Å². The zero-order valence-corrected chi connectivity index (χ0v) is 12.6. The molecule has 0 aliphatic carbocycles. The average molecular weight is 283 g/mol. The van der Waals surface area contributed by atoms with Crippen LogP contribution in [0.5, 0.6) is 11.5 Å². The maximum atomic E-state index is 5.74. The molecule has 0 fully saturated rings. The monoisotopic (exact) mass is 283 g/mol. The molecule has 2 aromatic rings. The van der Waals surface area contributed by atoms with E-state index in [2.05, 4.69) is 42.6 Å². The van der Waals surface area contributed by atoms with E-state index >= 15 is 0 Å². The van der Waals surface area contributed by atoms with E-state index in [1.54, 1.807) is 7.11 Å². The van der Waals surface area contributed by atoms with Crippen molar-refractivity contribution in [3.63, 3.8) is 0 Å². The summed E-state index contributed by atoms with van der Waals surface area (Å²) in [6.45, 7) is 2.91. The van der Waals surface area contributed by atoms with Crippen molar-refractivity contribution < 1.29 is 9.47 Å². The van der Waals surface area contributed by atoms with E-state index in [4.69, 9.17) is 9.47 Å². The van der Waals surface area contributed by atoms with Gasteiger partial charge in [-0.05, 0) is 42.3 Å². The van der Waals surface area contributed by atoms with Gasteiger partial charge >= 0.3 is 0 Å². The summed E-state index contributed by atoms with van der Waals surface area (Å²) in [7, 11) is 1.69. The molecule has 0 radical (unpaired) electrons. The zero-order chi connectivity index (χ0) is 14.7. The molecule has 0 spiro atoms. The topological polar surface area (TPSA) is 30.5 Å². The molecular formula is C18H21NO2. The number of methoxy groups -OCH3 is 1. The highest BCUT2D eigenvalue weighted by Crippen LogP contribution is 2.36. The van der Waals surface area contributed by atoms with Gasteiger partial charge in [0.05, 0.1) is 19.8 Å². The molecule has 21 heavy (non-hydrogen) atoms. The van der Waals surface area contributed by atoms with Gasteiger partial charge in [-0.15, -0.1) is 0 Å². The molecule has 1 N–H and O–H groups in total. The van der Waals surface area contributed by atoms with Gasteiger partial charge in [-0.1, -0.05) is 19.1 Å². The van der Waals surface area contributed by atoms with E-state index in [0.29, 0.717) is 0 Å². The smallest absolute Gasteiger partial charge is 0.124 e. The van der Waals surface area contributed by atoms with Crippen molar-refractivity contribution in [2.24, 2.45) is 0 Å². The molecule has 1 unspecified atom stereocenters. The molecule has 0 saturated carbocycles. The minimum atomic E-state index is 0.260. The Bertz CT molecular complexity index is 624. The van der Waals surface area contributed by atoms with Crippen molar-refractivity contribution in [2.45, 2.75) is 25.8 Å². The van der Waals surface area contributed by atoms with Gasteiger partial charge in [-0.3, -0.25) is 0 Å². The second kappa shape index (κ2) is 6.08. The van der Waals surface area contributed by atoms with Gasteiger partial charge in [0.25, 0.3) is 0 Å². The van der Waals surface area contributed by atoms with Crippen LogP contribution in [0.3, 0.4) is 0 Å². The van der Waals surface area contributed by atoms with Crippen molar-refractivity contribution in [1.82, 2.24) is 0 Å². The summed E-state index contributed by atoms with van der Waals surface area (Å²) in [6, 6.07) is 14.9. The molecule has 3 nitrogen and oxygen atoms in total. The van der Waals surface area contributed by atoms with Gasteiger partial charge in [0.15, 0.2) is 0 Å². The zero-order valence-electron chi connectivity index (χ0n) is 12.6. The average Bonchev–Trinajstić information content (AvgIpc) is 2.55. The number of ether oxygens (including phenoxy) is 2. The lowest BCUT2D eigenvalue weighted by Crippen LogP contribution is -2.20. The van der Waals surface area contributed by atoms with Gasteiger partial charge in [-0.2, -0.15) is 0 Å². The Morgan fingerprint density at radius 3 is 2.95 bits per heavy atom. The van der Waals surface area contributed by atoms with Crippen LogP contribution in [0.25, 0.3) is 0 Å². The van der Waals surface area contributed by atoms with Crippen LogP contribution in [0.15, 0.2) is 42.5 Å². The number of anilines is 1. The Morgan fingerprint density at radius 1 is 1.24 bits per heavy atom. The molecule has 2 aromatic carbocycles. The van der Waals surface area contributed by atoms with Crippen LogP contribution in [0.4, 0.5) is 5.69 Å². The van der Waals surface area contributed by atoms with E-state index < -0.39 is 0 Å². The Hall–Kier alpha value is -2.16. The molecule has 0 saturated heterocycles. The maximum absolute atomic E-state index is 5.74. The highest BCUT2D eigenvalue weighted by atomic mass is 16.5. The van der Waals surface area contributed by atoms with E-state index in [9.17, 15) is 0 Å². The highest BCUT2D eigenvalue weighted by Gasteiger charge is 2.22. The lowest BCUT2D eigenvalue weighted by molar-refractivity contribution is 0.273. The fourth-order valence-corrected chi connectivity index (χ4v) is 2.73. The third-order valence-electron chi connectivity index (χ3n) is 3.93. The van der Waals surface area contributed by atoms with E-state index in [1.807, 2.05) is 12.1 Å². The maximum Gasteiger partial charge on any atom is 0.124 e. The SMILES string of the molecule is CCc1cccc(NC2CCOc3ccc(OC)cc32)c1. The quantitative estimate of drug-likeness (QED) is 0.912. The number of hydrogen-bond acceptors (Lipinski definition) is 3. The first-order valence-electron chi connectivity index (χ1n) is 7.46. The molecule has 0 aromatic heterocycles. The van der Waals surface area contributed by atoms with Crippen LogP contribution < -0.4 is 14.8 Å². The number of hydrogen-bond donors (Lipinski definition) is 1. The van der Waals surface area contributed by atoms with Gasteiger partial charge in [0, 0.05) is 17.7 Å². The number of fused-ring (bicyclic) bond motifs is 1. The molecule has 1 aliphatic rings. The predicted octanol–water partition coefficient (Wildman–Crippen LogP) is 4.19. The van der Waals surface area contributed by atoms with Crippen molar-refractivity contribution in [2.75, 3.05) is 19.0 Å². The Morgan fingerprint density at radius 2 is 2.14 bits per heavy atom. The summed E-state index contributed by atoms with van der Waals surface area (Å²) in [5.41, 5.74) is 3.68. The Balaban J connectivity index is 1.87. The van der Waals surface area contributed by atoms with E-state index in [0.717, 1.165) is 36.6 Å². The molecule has 3 rings (SSSR count). The third kappa shape index (κ3) is 2.97. The standard InChI is InChI=1S/C18H21NO2/c1-3-13-5-4-6-14(11-13)19-17-9-10-21-18-8-7-15(20-2)12-16(17)18/h4-8,11-12,17,19H,3,9-10H2,1-2H3. The molecule has 0 bridgehead atoms. The van der Waals surface area contributed by atoms with Crippen molar-refractivity contribution in [3.05, 3.63) is 53.6 Å². The molecule has 1 heterocycles. The molecular weight excluding hydrogens is 262 g/mol. The summed E-state index contributed by atoms with van der Waals surface area (Å²) in [4.78, 5) is 0. The third-order valence-corrected chi connectivity index (χ3v) is 3.93. The lowest BCUT2D eigenvalue weighted by atomic mass is 9.99. The highest BCUT2D eigenvalue weighted by molar-refractivity contribution is 5.51. The van der Waals surface area contributed by atoms with Crippen LogP contribution in [0.2, 0.25) is 0 Å². The van der Waals surface area contributed by atoms with Crippen LogP contribution in [-0.4, -0.2) is 13.7 Å². The van der Waals surface area contributed by atoms with Crippen molar-refractivity contribution in [3.8, 4) is 11.5 Å². The van der Waals surface area contributed by atoms with E-state index in [-0.39, 0.29) is 6.04 Å². The normalized spacial score (nSPS) is 16.8. The van der Waals surface area contributed by atoms with Crippen molar-refractivity contribution in [1.29, 1.82) is 0 Å². The number of nitrogens with one attached hydrogen (secondary N) is 1. The summed E-state index contributed by atoms with van der Waals surface area (Å²) >= 11 is 0. The largest absolute Gasteiger partial charge is 0.497 e. The van der Waals surface area contributed by atoms with Gasteiger partial charge in [-0.25, -0.2) is 0 Å². The minimum Gasteiger partial charge on any atom is -0.497 e. The number of rotatable bonds is 4.